The van der Waals surface area contributed by atoms with Crippen LogP contribution >= 0.6 is 67.8 Å². The molecule has 0 aliphatic carbocycles. The highest BCUT2D eigenvalue weighted by atomic mass is 127. The first-order valence-corrected chi connectivity index (χ1v) is 9.30. The highest BCUT2D eigenvalue weighted by Crippen LogP contribution is 2.25. The molecule has 1 rings (SSSR count). The van der Waals surface area contributed by atoms with E-state index in [0.717, 1.165) is 3.57 Å². The number of carbonyl (C=O) groups is 1. The fourth-order valence-corrected chi connectivity index (χ4v) is 3.59. The van der Waals surface area contributed by atoms with Gasteiger partial charge < -0.3 is 4.74 Å². The van der Waals surface area contributed by atoms with E-state index < -0.39 is 27.9 Å². The Labute approximate surface area is 154 Å². The van der Waals surface area contributed by atoms with E-state index in [1.165, 1.54) is 6.07 Å². The van der Waals surface area contributed by atoms with E-state index in [4.69, 9.17) is 4.55 Å². The van der Waals surface area contributed by atoms with Gasteiger partial charge in [0.05, 0.1) is 5.56 Å². The highest BCUT2D eigenvalue weighted by Gasteiger charge is 2.45. The predicted octanol–water partition coefficient (Wildman–Crippen LogP) is 3.14. The van der Waals surface area contributed by atoms with Crippen molar-refractivity contribution in [2.24, 2.45) is 0 Å². The number of benzene rings is 1. The molecule has 0 saturated heterocycles. The summed E-state index contributed by atoms with van der Waals surface area (Å²) in [4.78, 5) is 11.7. The Hall–Kier alpha value is 0.650. The molecule has 0 unspecified atom stereocenters. The number of alkyl halides is 2. The van der Waals surface area contributed by atoms with Gasteiger partial charge in [0.25, 0.3) is 0 Å². The normalized spacial score (nSPS) is 12.3. The van der Waals surface area contributed by atoms with Gasteiger partial charge in [0.15, 0.2) is 6.61 Å². The van der Waals surface area contributed by atoms with Crippen molar-refractivity contribution >= 4 is 83.9 Å². The Balaban J connectivity index is 2.94. The molecule has 0 aromatic heterocycles. The molecule has 0 atom stereocenters. The topological polar surface area (TPSA) is 80.7 Å². The van der Waals surface area contributed by atoms with Crippen molar-refractivity contribution in [1.29, 1.82) is 0 Å². The van der Waals surface area contributed by atoms with E-state index in [2.05, 4.69) is 4.74 Å². The molecule has 0 fully saturated rings. The van der Waals surface area contributed by atoms with Gasteiger partial charge in [0, 0.05) is 10.7 Å². The lowest BCUT2D eigenvalue weighted by Crippen LogP contribution is -2.34. The largest absolute Gasteiger partial charge is 0.454 e. The number of esters is 1. The number of ether oxygens (including phenoxy) is 1. The van der Waals surface area contributed by atoms with Crippen LogP contribution in [-0.4, -0.2) is 30.8 Å². The van der Waals surface area contributed by atoms with Crippen LogP contribution in [0.2, 0.25) is 0 Å². The zero-order chi connectivity index (χ0) is 15.7. The van der Waals surface area contributed by atoms with Gasteiger partial charge in [-0.15, -0.1) is 0 Å². The van der Waals surface area contributed by atoms with Crippen LogP contribution in [0.4, 0.5) is 8.78 Å². The Bertz CT molecular complexity index is 647. The van der Waals surface area contributed by atoms with Crippen LogP contribution in [0.5, 0.6) is 0 Å². The van der Waals surface area contributed by atoms with Crippen LogP contribution in [0.25, 0.3) is 0 Å². The van der Waals surface area contributed by atoms with Gasteiger partial charge in [-0.1, -0.05) is 0 Å². The van der Waals surface area contributed by atoms with Gasteiger partial charge in [-0.05, 0) is 79.9 Å². The van der Waals surface area contributed by atoms with Crippen LogP contribution in [0.15, 0.2) is 12.1 Å². The van der Waals surface area contributed by atoms with Crippen molar-refractivity contribution in [1.82, 2.24) is 0 Å². The quantitative estimate of drug-likeness (QED) is 0.236. The van der Waals surface area contributed by atoms with Crippen molar-refractivity contribution in [2.75, 3.05) is 6.61 Å². The first kappa shape index (κ1) is 18.7. The molecule has 11 heteroatoms. The summed E-state index contributed by atoms with van der Waals surface area (Å²) in [6, 6.07) is 3.20. The molecule has 0 aliphatic rings. The summed E-state index contributed by atoms with van der Waals surface area (Å²) in [5.41, 5.74) is 0.0491. The van der Waals surface area contributed by atoms with Crippen molar-refractivity contribution in [3.63, 3.8) is 0 Å². The minimum absolute atomic E-state index is 0.0491. The molecule has 0 saturated carbocycles. The third-order valence-electron chi connectivity index (χ3n) is 1.96. The van der Waals surface area contributed by atoms with Gasteiger partial charge in [0.2, 0.25) is 0 Å². The summed E-state index contributed by atoms with van der Waals surface area (Å²) in [5, 5.41) is -4.54. The molecule has 0 radical (unpaired) electrons. The van der Waals surface area contributed by atoms with Gasteiger partial charge in [-0.25, -0.2) is 4.79 Å². The second-order valence-corrected chi connectivity index (χ2v) is 8.47. The van der Waals surface area contributed by atoms with Crippen molar-refractivity contribution < 1.29 is 31.3 Å². The van der Waals surface area contributed by atoms with Crippen molar-refractivity contribution in [2.45, 2.75) is 5.25 Å². The molecule has 0 spiro atoms. The molecular weight excluding hydrogens is 639 g/mol. The fraction of sp³-hybridized carbons (Fsp3) is 0.222. The number of carbonyl (C=O) groups excluding carboxylic acids is 1. The van der Waals surface area contributed by atoms with Crippen LogP contribution in [0.3, 0.4) is 0 Å². The summed E-state index contributed by atoms with van der Waals surface area (Å²) < 4.78 is 61.2. The van der Waals surface area contributed by atoms with E-state index in [1.54, 1.807) is 6.07 Å². The maximum absolute atomic E-state index is 12.9. The molecular formula is C9H5F2I3O5S. The molecule has 0 amide bonds. The standard InChI is InChI=1S/C9H5F2I3O5S/c10-9(11,20(16,17)18)3-19-8(15)5-1-4(12)2-6(13)7(5)14/h1-2H,3H2,(H,16,17,18). The minimum atomic E-state index is -5.62. The van der Waals surface area contributed by atoms with Gasteiger partial charge in [0.1, 0.15) is 0 Å². The van der Waals surface area contributed by atoms with E-state index >= 15 is 0 Å². The third kappa shape index (κ3) is 4.57. The molecule has 1 aromatic carbocycles. The fourth-order valence-electron chi connectivity index (χ4n) is 1.01. The van der Waals surface area contributed by atoms with Crippen LogP contribution in [0, 0.1) is 10.7 Å². The molecule has 1 aromatic rings. The lowest BCUT2D eigenvalue weighted by atomic mass is 10.2. The Kier molecular flexibility index (Phi) is 6.38. The number of hydrogen-bond donors (Lipinski definition) is 1. The van der Waals surface area contributed by atoms with Gasteiger partial charge in [-0.3, -0.25) is 4.55 Å². The molecule has 1 N–H and O–H groups in total. The summed E-state index contributed by atoms with van der Waals surface area (Å²) in [6.45, 7) is -1.75. The van der Waals surface area contributed by atoms with E-state index in [1.807, 2.05) is 67.8 Å². The minimum Gasteiger partial charge on any atom is -0.454 e. The molecule has 112 valence electrons. The lowest BCUT2D eigenvalue weighted by Gasteiger charge is -2.14. The first-order valence-electron chi connectivity index (χ1n) is 4.62. The van der Waals surface area contributed by atoms with Crippen LogP contribution in [-0.2, 0) is 14.9 Å². The van der Waals surface area contributed by atoms with Crippen LogP contribution in [0.1, 0.15) is 10.4 Å². The smallest absolute Gasteiger partial charge is 0.402 e. The summed E-state index contributed by atoms with van der Waals surface area (Å²) >= 11 is 5.75. The molecule has 5 nitrogen and oxygen atoms in total. The van der Waals surface area contributed by atoms with Gasteiger partial charge in [-0.2, -0.15) is 17.2 Å². The second-order valence-electron chi connectivity index (χ2n) is 3.44. The molecule has 0 aliphatic heterocycles. The Morgan fingerprint density at radius 3 is 2.35 bits per heavy atom. The van der Waals surface area contributed by atoms with E-state index in [-0.39, 0.29) is 5.56 Å². The zero-order valence-electron chi connectivity index (χ0n) is 9.24. The first-order chi connectivity index (χ1) is 8.95. The maximum atomic E-state index is 12.9. The highest BCUT2D eigenvalue weighted by molar-refractivity contribution is 14.1. The summed E-state index contributed by atoms with van der Waals surface area (Å²) in [6.07, 6.45) is 0. The average molecular weight is 644 g/mol. The van der Waals surface area contributed by atoms with Crippen molar-refractivity contribution in [3.05, 3.63) is 28.4 Å². The third-order valence-corrected chi connectivity index (χ3v) is 6.50. The zero-order valence-corrected chi connectivity index (χ0v) is 16.5. The molecule has 0 heterocycles. The Morgan fingerprint density at radius 2 is 1.85 bits per heavy atom. The predicted molar refractivity (Wildman–Crippen MR) is 91.4 cm³/mol. The van der Waals surface area contributed by atoms with Gasteiger partial charge >= 0.3 is 21.3 Å². The van der Waals surface area contributed by atoms with Crippen LogP contribution < -0.4 is 0 Å². The monoisotopic (exact) mass is 644 g/mol. The SMILES string of the molecule is O=C(OCC(F)(F)S(=O)(=O)O)c1cc(I)cc(I)c1I. The molecule has 20 heavy (non-hydrogen) atoms. The molecule has 0 bridgehead atoms. The van der Waals surface area contributed by atoms with E-state index in [0.29, 0.717) is 7.14 Å². The average Bonchev–Trinajstić information content (AvgIpc) is 2.29. The lowest BCUT2D eigenvalue weighted by molar-refractivity contribution is -0.00958. The van der Waals surface area contributed by atoms with Crippen molar-refractivity contribution in [3.8, 4) is 0 Å². The number of hydrogen-bond acceptors (Lipinski definition) is 4. The maximum Gasteiger partial charge on any atom is 0.402 e. The van der Waals surface area contributed by atoms with E-state index in [9.17, 15) is 22.0 Å². The second kappa shape index (κ2) is 6.82. The summed E-state index contributed by atoms with van der Waals surface area (Å²) in [7, 11) is -5.62. The Morgan fingerprint density at radius 1 is 1.30 bits per heavy atom. The number of halogens is 5. The summed E-state index contributed by atoms with van der Waals surface area (Å²) in [5.74, 6) is -1.09. The number of rotatable bonds is 4.